The number of ether oxygens (including phenoxy) is 1. The summed E-state index contributed by atoms with van der Waals surface area (Å²) in [5.41, 5.74) is 1.55. The molecule has 0 aliphatic carbocycles. The third-order valence-corrected chi connectivity index (χ3v) is 2.13. The Morgan fingerprint density at radius 3 is 2.88 bits per heavy atom. The molecule has 0 radical (unpaired) electrons. The molecule has 0 N–H and O–H groups in total. The number of aryl methyl sites for hydroxylation is 1. The van der Waals surface area contributed by atoms with Crippen LogP contribution >= 0.6 is 0 Å². The number of aromatic nitrogens is 1. The number of rotatable bonds is 3. The largest absolute Gasteiger partial charge is 0.438 e. The SMILES string of the molecule is Cc1cccc(Oc2ncccc2C=O)c1. The Kier molecular flexibility index (Phi) is 2.96. The fourth-order valence-electron chi connectivity index (χ4n) is 1.37. The van der Waals surface area contributed by atoms with Crippen molar-refractivity contribution >= 4 is 6.29 Å². The first-order valence-electron chi connectivity index (χ1n) is 4.94. The van der Waals surface area contributed by atoms with E-state index in [9.17, 15) is 4.79 Å². The van der Waals surface area contributed by atoms with Gasteiger partial charge in [-0.05, 0) is 36.8 Å². The maximum Gasteiger partial charge on any atom is 0.229 e. The van der Waals surface area contributed by atoms with Crippen molar-refractivity contribution in [2.24, 2.45) is 0 Å². The van der Waals surface area contributed by atoms with Crippen molar-refractivity contribution in [2.45, 2.75) is 6.92 Å². The van der Waals surface area contributed by atoms with Crippen molar-refractivity contribution in [3.05, 3.63) is 53.7 Å². The van der Waals surface area contributed by atoms with Gasteiger partial charge in [-0.3, -0.25) is 4.79 Å². The smallest absolute Gasteiger partial charge is 0.229 e. The maximum atomic E-state index is 10.8. The molecule has 0 aliphatic rings. The molecule has 16 heavy (non-hydrogen) atoms. The van der Waals surface area contributed by atoms with Crippen molar-refractivity contribution < 1.29 is 9.53 Å². The first-order chi connectivity index (χ1) is 7.79. The number of benzene rings is 1. The van der Waals surface area contributed by atoms with Crippen LogP contribution in [0.1, 0.15) is 15.9 Å². The topological polar surface area (TPSA) is 39.2 Å². The monoisotopic (exact) mass is 213 g/mol. The summed E-state index contributed by atoms with van der Waals surface area (Å²) in [7, 11) is 0. The molecule has 2 aromatic rings. The second-order valence-electron chi connectivity index (χ2n) is 3.43. The Balaban J connectivity index is 2.30. The third-order valence-electron chi connectivity index (χ3n) is 2.13. The van der Waals surface area contributed by atoms with Crippen molar-refractivity contribution in [1.29, 1.82) is 0 Å². The summed E-state index contributed by atoms with van der Waals surface area (Å²) in [5, 5.41) is 0. The van der Waals surface area contributed by atoms with E-state index in [-0.39, 0.29) is 0 Å². The van der Waals surface area contributed by atoms with Gasteiger partial charge in [0, 0.05) is 6.20 Å². The van der Waals surface area contributed by atoms with Crippen molar-refractivity contribution in [2.75, 3.05) is 0 Å². The molecule has 0 saturated heterocycles. The van der Waals surface area contributed by atoms with Crippen LogP contribution in [-0.2, 0) is 0 Å². The second kappa shape index (κ2) is 4.57. The molecule has 1 aromatic heterocycles. The van der Waals surface area contributed by atoms with E-state index in [1.165, 1.54) is 0 Å². The number of hydrogen-bond acceptors (Lipinski definition) is 3. The summed E-state index contributed by atoms with van der Waals surface area (Å²) in [6, 6.07) is 11.0. The van der Waals surface area contributed by atoms with Gasteiger partial charge in [-0.2, -0.15) is 0 Å². The Hall–Kier alpha value is -2.16. The highest BCUT2D eigenvalue weighted by Gasteiger charge is 2.04. The lowest BCUT2D eigenvalue weighted by Crippen LogP contribution is -1.93. The van der Waals surface area contributed by atoms with Crippen LogP contribution in [0.4, 0.5) is 0 Å². The van der Waals surface area contributed by atoms with E-state index in [1.807, 2.05) is 31.2 Å². The average molecular weight is 213 g/mol. The standard InChI is InChI=1S/C13H11NO2/c1-10-4-2-6-12(8-10)16-13-11(9-15)5-3-7-14-13/h2-9H,1H3. The Morgan fingerprint density at radius 1 is 1.25 bits per heavy atom. The maximum absolute atomic E-state index is 10.8. The van der Waals surface area contributed by atoms with Gasteiger partial charge < -0.3 is 4.74 Å². The molecule has 0 fully saturated rings. The molecule has 0 unspecified atom stereocenters. The number of hydrogen-bond donors (Lipinski definition) is 0. The first kappa shape index (κ1) is 10.4. The van der Waals surface area contributed by atoms with Crippen LogP contribution in [0, 0.1) is 6.92 Å². The van der Waals surface area contributed by atoms with Crippen molar-refractivity contribution in [1.82, 2.24) is 4.98 Å². The molecule has 0 atom stereocenters. The van der Waals surface area contributed by atoms with E-state index >= 15 is 0 Å². The summed E-state index contributed by atoms with van der Waals surface area (Å²) in [6.07, 6.45) is 2.33. The summed E-state index contributed by atoms with van der Waals surface area (Å²) < 4.78 is 5.54. The average Bonchev–Trinajstić information content (AvgIpc) is 2.30. The molecule has 0 aliphatic heterocycles. The predicted octanol–water partition coefficient (Wildman–Crippen LogP) is 2.99. The van der Waals surface area contributed by atoms with Crippen LogP contribution in [0.2, 0.25) is 0 Å². The van der Waals surface area contributed by atoms with Crippen LogP contribution in [0.5, 0.6) is 11.6 Å². The number of pyridine rings is 1. The van der Waals surface area contributed by atoms with E-state index < -0.39 is 0 Å². The van der Waals surface area contributed by atoms with E-state index in [0.717, 1.165) is 11.8 Å². The number of carbonyl (C=O) groups is 1. The quantitative estimate of drug-likeness (QED) is 0.736. The Labute approximate surface area is 93.7 Å². The highest BCUT2D eigenvalue weighted by atomic mass is 16.5. The molecular weight excluding hydrogens is 202 g/mol. The van der Waals surface area contributed by atoms with E-state index in [0.29, 0.717) is 17.2 Å². The second-order valence-corrected chi connectivity index (χ2v) is 3.43. The molecule has 3 heteroatoms. The zero-order valence-corrected chi connectivity index (χ0v) is 8.88. The van der Waals surface area contributed by atoms with Gasteiger partial charge in [0.2, 0.25) is 5.88 Å². The fourth-order valence-corrected chi connectivity index (χ4v) is 1.37. The normalized spacial score (nSPS) is 9.81. The molecule has 1 heterocycles. The minimum Gasteiger partial charge on any atom is -0.438 e. The highest BCUT2D eigenvalue weighted by molar-refractivity contribution is 5.78. The molecule has 0 saturated carbocycles. The Bertz CT molecular complexity index is 509. The lowest BCUT2D eigenvalue weighted by molar-refractivity contribution is 0.112. The van der Waals surface area contributed by atoms with Gasteiger partial charge in [0.05, 0.1) is 5.56 Å². The third kappa shape index (κ3) is 2.25. The molecule has 3 nitrogen and oxygen atoms in total. The van der Waals surface area contributed by atoms with Crippen molar-refractivity contribution in [3.8, 4) is 11.6 Å². The van der Waals surface area contributed by atoms with Crippen LogP contribution in [-0.4, -0.2) is 11.3 Å². The minimum atomic E-state index is 0.336. The number of nitrogens with zero attached hydrogens (tertiary/aromatic N) is 1. The van der Waals surface area contributed by atoms with Crippen molar-refractivity contribution in [3.63, 3.8) is 0 Å². The minimum absolute atomic E-state index is 0.336. The fraction of sp³-hybridized carbons (Fsp3) is 0.0769. The first-order valence-corrected chi connectivity index (χ1v) is 4.94. The van der Waals surface area contributed by atoms with Gasteiger partial charge in [0.1, 0.15) is 5.75 Å². The molecule has 0 spiro atoms. The zero-order valence-electron chi connectivity index (χ0n) is 8.88. The van der Waals surface area contributed by atoms with Gasteiger partial charge in [-0.1, -0.05) is 12.1 Å². The van der Waals surface area contributed by atoms with Crippen LogP contribution < -0.4 is 4.74 Å². The van der Waals surface area contributed by atoms with Gasteiger partial charge >= 0.3 is 0 Å². The summed E-state index contributed by atoms with van der Waals surface area (Å²) >= 11 is 0. The van der Waals surface area contributed by atoms with Crippen LogP contribution in [0.15, 0.2) is 42.6 Å². The van der Waals surface area contributed by atoms with Gasteiger partial charge in [-0.25, -0.2) is 4.98 Å². The summed E-state index contributed by atoms with van der Waals surface area (Å²) in [4.78, 5) is 14.8. The summed E-state index contributed by atoms with van der Waals surface area (Å²) in [5.74, 6) is 1.02. The zero-order chi connectivity index (χ0) is 11.4. The van der Waals surface area contributed by atoms with E-state index in [1.54, 1.807) is 18.3 Å². The summed E-state index contributed by atoms with van der Waals surface area (Å²) in [6.45, 7) is 1.98. The molecular formula is C13H11NO2. The van der Waals surface area contributed by atoms with Gasteiger partial charge in [0.15, 0.2) is 6.29 Å². The predicted molar refractivity (Wildman–Crippen MR) is 60.9 cm³/mol. The molecule has 0 amide bonds. The molecule has 2 rings (SSSR count). The van der Waals surface area contributed by atoms with E-state index in [4.69, 9.17) is 4.74 Å². The van der Waals surface area contributed by atoms with E-state index in [2.05, 4.69) is 4.98 Å². The van der Waals surface area contributed by atoms with Crippen LogP contribution in [0.25, 0.3) is 0 Å². The van der Waals surface area contributed by atoms with Crippen LogP contribution in [0.3, 0.4) is 0 Å². The Morgan fingerprint density at radius 2 is 2.12 bits per heavy atom. The molecule has 1 aromatic carbocycles. The number of carbonyl (C=O) groups excluding carboxylic acids is 1. The van der Waals surface area contributed by atoms with Gasteiger partial charge in [0.25, 0.3) is 0 Å². The van der Waals surface area contributed by atoms with Gasteiger partial charge in [-0.15, -0.1) is 0 Å². The lowest BCUT2D eigenvalue weighted by Gasteiger charge is -2.06. The molecule has 80 valence electrons. The highest BCUT2D eigenvalue weighted by Crippen LogP contribution is 2.22. The number of aldehydes is 1. The lowest BCUT2D eigenvalue weighted by atomic mass is 10.2. The molecule has 0 bridgehead atoms.